The Kier molecular flexibility index (Phi) is 3.46. The standard InChI is InChI=1S/C15H23N3O/c1-11(2)13-5-3-6-14(16-13)18-10-12(9-15(18)19)17-7-4-8-17/h3,5-6,11-12,15,19H,4,7-10H2,1-2H3/t12-,15?/m1/s1. The number of aliphatic hydroxyl groups is 1. The molecule has 0 bridgehead atoms. The van der Waals surface area contributed by atoms with E-state index in [9.17, 15) is 5.11 Å². The summed E-state index contributed by atoms with van der Waals surface area (Å²) in [6.07, 6.45) is 1.75. The molecule has 4 heteroatoms. The molecule has 1 N–H and O–H groups in total. The fourth-order valence-electron chi connectivity index (χ4n) is 2.93. The van der Waals surface area contributed by atoms with Gasteiger partial charge in [0.15, 0.2) is 0 Å². The van der Waals surface area contributed by atoms with Crippen LogP contribution < -0.4 is 4.90 Å². The van der Waals surface area contributed by atoms with Gasteiger partial charge in [-0.2, -0.15) is 0 Å². The Morgan fingerprint density at radius 1 is 1.32 bits per heavy atom. The summed E-state index contributed by atoms with van der Waals surface area (Å²) < 4.78 is 0. The largest absolute Gasteiger partial charge is 0.374 e. The minimum atomic E-state index is -0.388. The maximum atomic E-state index is 10.3. The van der Waals surface area contributed by atoms with Gasteiger partial charge in [0.25, 0.3) is 0 Å². The molecule has 1 aromatic heterocycles. The van der Waals surface area contributed by atoms with Gasteiger partial charge < -0.3 is 10.0 Å². The van der Waals surface area contributed by atoms with Gasteiger partial charge in [-0.3, -0.25) is 4.90 Å². The van der Waals surface area contributed by atoms with Crippen LogP contribution in [0.3, 0.4) is 0 Å². The minimum absolute atomic E-state index is 0.388. The molecule has 4 nitrogen and oxygen atoms in total. The first kappa shape index (κ1) is 12.9. The maximum Gasteiger partial charge on any atom is 0.130 e. The van der Waals surface area contributed by atoms with Crippen LogP contribution in [0.25, 0.3) is 0 Å². The molecule has 19 heavy (non-hydrogen) atoms. The van der Waals surface area contributed by atoms with Crippen molar-refractivity contribution in [3.05, 3.63) is 23.9 Å². The van der Waals surface area contributed by atoms with Crippen molar-refractivity contribution in [2.24, 2.45) is 0 Å². The Hall–Kier alpha value is -1.13. The third-order valence-corrected chi connectivity index (χ3v) is 4.30. The molecule has 0 spiro atoms. The Bertz CT molecular complexity index is 445. The summed E-state index contributed by atoms with van der Waals surface area (Å²) in [6, 6.07) is 6.60. The number of pyridine rings is 1. The molecule has 0 aromatic carbocycles. The van der Waals surface area contributed by atoms with E-state index in [1.54, 1.807) is 0 Å². The number of aromatic nitrogens is 1. The second kappa shape index (κ2) is 5.10. The van der Waals surface area contributed by atoms with E-state index in [1.807, 2.05) is 12.1 Å². The zero-order valence-electron chi connectivity index (χ0n) is 11.8. The normalized spacial score (nSPS) is 27.9. The van der Waals surface area contributed by atoms with Gasteiger partial charge in [-0.15, -0.1) is 0 Å². The lowest BCUT2D eigenvalue weighted by Gasteiger charge is -2.36. The van der Waals surface area contributed by atoms with Crippen LogP contribution >= 0.6 is 0 Å². The first-order chi connectivity index (χ1) is 9.15. The molecular weight excluding hydrogens is 238 g/mol. The van der Waals surface area contributed by atoms with Crippen molar-refractivity contribution < 1.29 is 5.11 Å². The summed E-state index contributed by atoms with van der Waals surface area (Å²) in [5.41, 5.74) is 1.09. The zero-order chi connectivity index (χ0) is 13.4. The summed E-state index contributed by atoms with van der Waals surface area (Å²) >= 11 is 0. The zero-order valence-corrected chi connectivity index (χ0v) is 11.8. The van der Waals surface area contributed by atoms with Crippen LogP contribution in [0, 0.1) is 0 Å². The van der Waals surface area contributed by atoms with Gasteiger partial charge in [-0.25, -0.2) is 4.98 Å². The Morgan fingerprint density at radius 3 is 2.74 bits per heavy atom. The summed E-state index contributed by atoms with van der Waals surface area (Å²) in [4.78, 5) is 9.21. The lowest BCUT2D eigenvalue weighted by Crippen LogP contribution is -2.46. The van der Waals surface area contributed by atoms with E-state index in [-0.39, 0.29) is 6.23 Å². The second-order valence-corrected chi connectivity index (χ2v) is 5.99. The fraction of sp³-hybridized carbons (Fsp3) is 0.667. The van der Waals surface area contributed by atoms with Gasteiger partial charge in [-0.05, 0) is 37.6 Å². The molecule has 3 rings (SSSR count). The average Bonchev–Trinajstić information content (AvgIpc) is 2.69. The van der Waals surface area contributed by atoms with Crippen LogP contribution in [-0.2, 0) is 0 Å². The highest BCUT2D eigenvalue weighted by Gasteiger charge is 2.36. The van der Waals surface area contributed by atoms with Crippen LogP contribution in [-0.4, -0.2) is 46.9 Å². The quantitative estimate of drug-likeness (QED) is 0.901. The molecular formula is C15H23N3O. The van der Waals surface area contributed by atoms with Gasteiger partial charge in [0.2, 0.25) is 0 Å². The predicted octanol–water partition coefficient (Wildman–Crippen LogP) is 1.81. The fourth-order valence-corrected chi connectivity index (χ4v) is 2.93. The van der Waals surface area contributed by atoms with E-state index in [0.29, 0.717) is 12.0 Å². The van der Waals surface area contributed by atoms with Crippen molar-refractivity contribution in [1.82, 2.24) is 9.88 Å². The molecule has 2 atom stereocenters. The van der Waals surface area contributed by atoms with Crippen molar-refractivity contribution in [2.45, 2.75) is 44.9 Å². The molecule has 2 aliphatic heterocycles. The van der Waals surface area contributed by atoms with E-state index < -0.39 is 0 Å². The van der Waals surface area contributed by atoms with Gasteiger partial charge in [-0.1, -0.05) is 19.9 Å². The lowest BCUT2D eigenvalue weighted by molar-refractivity contribution is 0.108. The molecule has 0 saturated carbocycles. The van der Waals surface area contributed by atoms with Gasteiger partial charge in [0, 0.05) is 24.7 Å². The SMILES string of the molecule is CC(C)c1cccc(N2C[C@H](N3CCC3)CC2O)n1. The topological polar surface area (TPSA) is 39.6 Å². The monoisotopic (exact) mass is 261 g/mol. The van der Waals surface area contributed by atoms with Gasteiger partial charge in [0.05, 0.1) is 0 Å². The Morgan fingerprint density at radius 2 is 2.11 bits per heavy atom. The number of nitrogens with zero attached hydrogens (tertiary/aromatic N) is 3. The van der Waals surface area contributed by atoms with Crippen molar-refractivity contribution in [1.29, 1.82) is 0 Å². The smallest absolute Gasteiger partial charge is 0.130 e. The van der Waals surface area contributed by atoms with E-state index in [4.69, 9.17) is 0 Å². The number of hydrogen-bond donors (Lipinski definition) is 1. The molecule has 0 radical (unpaired) electrons. The van der Waals surface area contributed by atoms with Crippen LogP contribution in [0.15, 0.2) is 18.2 Å². The summed E-state index contributed by atoms with van der Waals surface area (Å²) in [7, 11) is 0. The summed E-state index contributed by atoms with van der Waals surface area (Å²) in [5.74, 6) is 1.34. The average molecular weight is 261 g/mol. The van der Waals surface area contributed by atoms with Crippen LogP contribution in [0.4, 0.5) is 5.82 Å². The Balaban J connectivity index is 1.76. The van der Waals surface area contributed by atoms with Crippen LogP contribution in [0.2, 0.25) is 0 Å². The molecule has 2 fully saturated rings. The number of hydrogen-bond acceptors (Lipinski definition) is 4. The van der Waals surface area contributed by atoms with E-state index in [1.165, 1.54) is 19.5 Å². The highest BCUT2D eigenvalue weighted by Crippen LogP contribution is 2.28. The lowest BCUT2D eigenvalue weighted by atomic mass is 10.1. The maximum absolute atomic E-state index is 10.3. The van der Waals surface area contributed by atoms with Gasteiger partial charge in [0.1, 0.15) is 12.0 Å². The van der Waals surface area contributed by atoms with Crippen molar-refractivity contribution in [3.63, 3.8) is 0 Å². The first-order valence-corrected chi connectivity index (χ1v) is 7.31. The van der Waals surface area contributed by atoms with E-state index >= 15 is 0 Å². The molecule has 0 aliphatic carbocycles. The predicted molar refractivity (Wildman–Crippen MR) is 76.3 cm³/mol. The third-order valence-electron chi connectivity index (χ3n) is 4.30. The molecule has 0 amide bonds. The van der Waals surface area contributed by atoms with Crippen LogP contribution in [0.1, 0.15) is 38.3 Å². The van der Waals surface area contributed by atoms with E-state index in [0.717, 1.165) is 24.5 Å². The highest BCUT2D eigenvalue weighted by molar-refractivity contribution is 5.42. The van der Waals surface area contributed by atoms with Crippen molar-refractivity contribution in [3.8, 4) is 0 Å². The molecule has 3 heterocycles. The molecule has 1 aromatic rings. The number of rotatable bonds is 3. The van der Waals surface area contributed by atoms with Crippen molar-refractivity contribution in [2.75, 3.05) is 24.5 Å². The molecule has 2 aliphatic rings. The second-order valence-electron chi connectivity index (χ2n) is 5.99. The molecule has 104 valence electrons. The third kappa shape index (κ3) is 2.47. The molecule has 1 unspecified atom stereocenters. The summed E-state index contributed by atoms with van der Waals surface area (Å²) in [6.45, 7) is 7.57. The minimum Gasteiger partial charge on any atom is -0.374 e. The Labute approximate surface area is 115 Å². The molecule has 2 saturated heterocycles. The van der Waals surface area contributed by atoms with E-state index in [2.05, 4.69) is 34.7 Å². The summed E-state index contributed by atoms with van der Waals surface area (Å²) in [5, 5.41) is 10.3. The van der Waals surface area contributed by atoms with Gasteiger partial charge >= 0.3 is 0 Å². The first-order valence-electron chi connectivity index (χ1n) is 7.31. The van der Waals surface area contributed by atoms with Crippen LogP contribution in [0.5, 0.6) is 0 Å². The highest BCUT2D eigenvalue weighted by atomic mass is 16.3. The number of likely N-dealkylation sites (tertiary alicyclic amines) is 1. The number of aliphatic hydroxyl groups excluding tert-OH is 1. The van der Waals surface area contributed by atoms with Crippen molar-refractivity contribution >= 4 is 5.82 Å². The number of anilines is 1.